The largest absolute Gasteiger partial charge is 0.355 e. The monoisotopic (exact) mass is 237 g/mol. The minimum atomic E-state index is -0.106. The molecule has 0 saturated carbocycles. The third kappa shape index (κ3) is 5.18. The fraction of sp³-hybridized carbons (Fsp3) is 0.846. The van der Waals surface area contributed by atoms with Crippen molar-refractivity contribution in [1.82, 2.24) is 10.6 Å². The van der Waals surface area contributed by atoms with Crippen LogP contribution in [0.25, 0.3) is 0 Å². The third-order valence-electron chi connectivity index (χ3n) is 3.47. The Morgan fingerprint density at radius 2 is 2.35 bits per heavy atom. The van der Waals surface area contributed by atoms with Gasteiger partial charge in [-0.25, -0.2) is 0 Å². The van der Waals surface area contributed by atoms with Gasteiger partial charge in [0.1, 0.15) is 0 Å². The zero-order chi connectivity index (χ0) is 12.7. The van der Waals surface area contributed by atoms with Crippen LogP contribution in [0, 0.1) is 29.1 Å². The number of nitriles is 1. The number of rotatable bonds is 5. The van der Waals surface area contributed by atoms with E-state index in [4.69, 9.17) is 5.26 Å². The molecule has 3 atom stereocenters. The summed E-state index contributed by atoms with van der Waals surface area (Å²) in [5, 5.41) is 14.8. The molecule has 1 saturated heterocycles. The minimum Gasteiger partial charge on any atom is -0.355 e. The lowest BCUT2D eigenvalue weighted by Gasteiger charge is -2.28. The standard InChI is InChI=1S/C13H23N3O/c1-10(7-14)8-16-13(17)6-11(2)12-4-3-5-15-9-12/h10-12,15H,3-6,8-9H2,1-2H3,(H,16,17). The maximum atomic E-state index is 11.7. The summed E-state index contributed by atoms with van der Waals surface area (Å²) in [4.78, 5) is 11.7. The molecule has 96 valence electrons. The lowest BCUT2D eigenvalue weighted by molar-refractivity contribution is -0.122. The van der Waals surface area contributed by atoms with Gasteiger partial charge in [0, 0.05) is 13.0 Å². The molecule has 0 aromatic rings. The second-order valence-electron chi connectivity index (χ2n) is 5.12. The van der Waals surface area contributed by atoms with Crippen LogP contribution in [0.1, 0.15) is 33.1 Å². The normalized spacial score (nSPS) is 23.5. The topological polar surface area (TPSA) is 64.9 Å². The highest BCUT2D eigenvalue weighted by Crippen LogP contribution is 2.22. The van der Waals surface area contributed by atoms with Crippen molar-refractivity contribution in [2.24, 2.45) is 17.8 Å². The van der Waals surface area contributed by atoms with Crippen molar-refractivity contribution in [2.45, 2.75) is 33.1 Å². The Balaban J connectivity index is 2.23. The molecular formula is C13H23N3O. The number of piperidine rings is 1. The quantitative estimate of drug-likeness (QED) is 0.757. The Morgan fingerprint density at radius 3 is 2.94 bits per heavy atom. The fourth-order valence-corrected chi connectivity index (χ4v) is 2.21. The number of hydrogen-bond acceptors (Lipinski definition) is 3. The van der Waals surface area contributed by atoms with Gasteiger partial charge < -0.3 is 10.6 Å². The first-order chi connectivity index (χ1) is 8.13. The molecule has 0 radical (unpaired) electrons. The van der Waals surface area contributed by atoms with E-state index >= 15 is 0 Å². The Kier molecular flexibility index (Phi) is 5.99. The van der Waals surface area contributed by atoms with E-state index in [0.29, 0.717) is 24.8 Å². The molecule has 1 amide bonds. The number of hydrogen-bond donors (Lipinski definition) is 2. The van der Waals surface area contributed by atoms with Crippen molar-refractivity contribution in [2.75, 3.05) is 19.6 Å². The molecule has 1 heterocycles. The van der Waals surface area contributed by atoms with Gasteiger partial charge in [-0.1, -0.05) is 6.92 Å². The molecule has 0 aromatic heterocycles. The Hall–Kier alpha value is -1.08. The van der Waals surface area contributed by atoms with Crippen LogP contribution in [-0.4, -0.2) is 25.5 Å². The van der Waals surface area contributed by atoms with Crippen LogP contribution in [-0.2, 0) is 4.79 Å². The zero-order valence-corrected chi connectivity index (χ0v) is 10.8. The SMILES string of the molecule is CC(C#N)CNC(=O)CC(C)C1CCCNC1. The molecule has 0 aromatic carbocycles. The third-order valence-corrected chi connectivity index (χ3v) is 3.47. The molecule has 3 unspecified atom stereocenters. The van der Waals surface area contributed by atoms with E-state index in [1.807, 2.05) is 6.92 Å². The van der Waals surface area contributed by atoms with Gasteiger partial charge in [-0.2, -0.15) is 5.26 Å². The predicted molar refractivity (Wildman–Crippen MR) is 67.2 cm³/mol. The van der Waals surface area contributed by atoms with Crippen LogP contribution >= 0.6 is 0 Å². The van der Waals surface area contributed by atoms with Gasteiger partial charge in [0.2, 0.25) is 5.91 Å². The number of nitrogens with zero attached hydrogens (tertiary/aromatic N) is 1. The fourth-order valence-electron chi connectivity index (χ4n) is 2.21. The average Bonchev–Trinajstić information content (AvgIpc) is 2.36. The van der Waals surface area contributed by atoms with Crippen molar-refractivity contribution in [3.8, 4) is 6.07 Å². The Morgan fingerprint density at radius 1 is 1.59 bits per heavy atom. The van der Waals surface area contributed by atoms with Gasteiger partial charge in [-0.3, -0.25) is 4.79 Å². The summed E-state index contributed by atoms with van der Waals surface area (Å²) >= 11 is 0. The molecule has 1 aliphatic heterocycles. The number of amides is 1. The molecule has 2 N–H and O–H groups in total. The Labute approximate surface area is 104 Å². The zero-order valence-electron chi connectivity index (χ0n) is 10.8. The van der Waals surface area contributed by atoms with E-state index in [1.165, 1.54) is 12.8 Å². The molecule has 0 spiro atoms. The van der Waals surface area contributed by atoms with Crippen LogP contribution in [0.5, 0.6) is 0 Å². The predicted octanol–water partition coefficient (Wildman–Crippen LogP) is 1.29. The van der Waals surface area contributed by atoms with Crippen LogP contribution in [0.15, 0.2) is 0 Å². The summed E-state index contributed by atoms with van der Waals surface area (Å²) in [6.45, 7) is 6.56. The van der Waals surface area contributed by atoms with Crippen LogP contribution in [0.4, 0.5) is 0 Å². The van der Waals surface area contributed by atoms with E-state index in [-0.39, 0.29) is 11.8 Å². The lowest BCUT2D eigenvalue weighted by atomic mass is 9.85. The van der Waals surface area contributed by atoms with E-state index in [0.717, 1.165) is 13.1 Å². The van der Waals surface area contributed by atoms with Crippen LogP contribution < -0.4 is 10.6 Å². The van der Waals surface area contributed by atoms with Gasteiger partial charge in [0.15, 0.2) is 0 Å². The average molecular weight is 237 g/mol. The minimum absolute atomic E-state index is 0.0742. The van der Waals surface area contributed by atoms with E-state index in [2.05, 4.69) is 23.6 Å². The highest BCUT2D eigenvalue weighted by Gasteiger charge is 2.21. The molecule has 0 bridgehead atoms. The second-order valence-corrected chi connectivity index (χ2v) is 5.12. The summed E-state index contributed by atoms with van der Waals surface area (Å²) in [7, 11) is 0. The molecule has 1 rings (SSSR count). The van der Waals surface area contributed by atoms with Crippen molar-refractivity contribution < 1.29 is 4.79 Å². The van der Waals surface area contributed by atoms with Gasteiger partial charge >= 0.3 is 0 Å². The summed E-state index contributed by atoms with van der Waals surface area (Å²) in [6, 6.07) is 2.11. The molecule has 4 heteroatoms. The lowest BCUT2D eigenvalue weighted by Crippen LogP contribution is -2.36. The van der Waals surface area contributed by atoms with Gasteiger partial charge in [0.25, 0.3) is 0 Å². The first-order valence-electron chi connectivity index (χ1n) is 6.50. The summed E-state index contributed by atoms with van der Waals surface area (Å²) in [5.41, 5.74) is 0. The first kappa shape index (κ1) is 14.0. The van der Waals surface area contributed by atoms with Crippen molar-refractivity contribution in [3.63, 3.8) is 0 Å². The van der Waals surface area contributed by atoms with Gasteiger partial charge in [0.05, 0.1) is 12.0 Å². The van der Waals surface area contributed by atoms with E-state index < -0.39 is 0 Å². The second kappa shape index (κ2) is 7.29. The van der Waals surface area contributed by atoms with Crippen molar-refractivity contribution in [3.05, 3.63) is 0 Å². The number of nitrogens with one attached hydrogen (secondary N) is 2. The smallest absolute Gasteiger partial charge is 0.220 e. The van der Waals surface area contributed by atoms with Crippen LogP contribution in [0.2, 0.25) is 0 Å². The molecule has 1 fully saturated rings. The highest BCUT2D eigenvalue weighted by atomic mass is 16.1. The maximum absolute atomic E-state index is 11.7. The van der Waals surface area contributed by atoms with E-state index in [9.17, 15) is 4.79 Å². The highest BCUT2D eigenvalue weighted by molar-refractivity contribution is 5.76. The van der Waals surface area contributed by atoms with Crippen molar-refractivity contribution in [1.29, 1.82) is 5.26 Å². The molecule has 1 aliphatic rings. The van der Waals surface area contributed by atoms with E-state index in [1.54, 1.807) is 0 Å². The first-order valence-corrected chi connectivity index (χ1v) is 6.50. The number of carbonyl (C=O) groups excluding carboxylic acids is 1. The molecule has 17 heavy (non-hydrogen) atoms. The summed E-state index contributed by atoms with van der Waals surface area (Å²) in [5.74, 6) is 0.999. The van der Waals surface area contributed by atoms with Crippen LogP contribution in [0.3, 0.4) is 0 Å². The summed E-state index contributed by atoms with van der Waals surface area (Å²) in [6.07, 6.45) is 3.00. The molecule has 0 aliphatic carbocycles. The Bertz CT molecular complexity index is 279. The van der Waals surface area contributed by atoms with Gasteiger partial charge in [-0.05, 0) is 44.7 Å². The molecule has 4 nitrogen and oxygen atoms in total. The summed E-state index contributed by atoms with van der Waals surface area (Å²) < 4.78 is 0. The number of carbonyl (C=O) groups is 1. The molecular weight excluding hydrogens is 214 g/mol. The van der Waals surface area contributed by atoms with Gasteiger partial charge in [-0.15, -0.1) is 0 Å². The van der Waals surface area contributed by atoms with Crippen molar-refractivity contribution >= 4 is 5.91 Å². The maximum Gasteiger partial charge on any atom is 0.220 e.